The van der Waals surface area contributed by atoms with Crippen molar-refractivity contribution in [2.45, 2.75) is 26.9 Å². The summed E-state index contributed by atoms with van der Waals surface area (Å²) in [4.78, 5) is 5.41. The molecule has 0 aromatic carbocycles. The van der Waals surface area contributed by atoms with Gasteiger partial charge in [0.15, 0.2) is 0 Å². The lowest BCUT2D eigenvalue weighted by Crippen LogP contribution is -1.95. The maximum atomic E-state index is 5.04. The van der Waals surface area contributed by atoms with E-state index in [2.05, 4.69) is 17.0 Å². The van der Waals surface area contributed by atoms with Crippen molar-refractivity contribution < 1.29 is 4.74 Å². The maximum absolute atomic E-state index is 5.04. The Morgan fingerprint density at radius 2 is 2.29 bits per heavy atom. The smallest absolute Gasteiger partial charge is 0.212 e. The lowest BCUT2D eigenvalue weighted by molar-refractivity contribution is 0.183. The number of rotatable bonds is 3. The summed E-state index contributed by atoms with van der Waals surface area (Å²) in [6.45, 7) is 4.71. The highest BCUT2D eigenvalue weighted by Gasteiger charge is 2.11. The van der Waals surface area contributed by atoms with Crippen molar-refractivity contribution in [1.82, 2.24) is 14.6 Å². The van der Waals surface area contributed by atoms with E-state index in [0.29, 0.717) is 6.61 Å². The SMILES string of the molecule is CCc1c(C)nc2sc(COC)nn12. The van der Waals surface area contributed by atoms with Crippen molar-refractivity contribution in [1.29, 1.82) is 0 Å². The van der Waals surface area contributed by atoms with Crippen LogP contribution >= 0.6 is 11.3 Å². The van der Waals surface area contributed by atoms with Crippen molar-refractivity contribution in [2.24, 2.45) is 0 Å². The molecular weight excluding hydrogens is 198 g/mol. The summed E-state index contributed by atoms with van der Waals surface area (Å²) < 4.78 is 6.96. The molecule has 0 bridgehead atoms. The number of fused-ring (bicyclic) bond motifs is 1. The van der Waals surface area contributed by atoms with E-state index in [0.717, 1.165) is 22.1 Å². The molecular formula is C9H13N3OS. The first-order valence-electron chi connectivity index (χ1n) is 4.59. The highest BCUT2D eigenvalue weighted by Crippen LogP contribution is 2.19. The van der Waals surface area contributed by atoms with Crippen LogP contribution in [0.4, 0.5) is 0 Å². The molecule has 2 heterocycles. The van der Waals surface area contributed by atoms with Gasteiger partial charge in [-0.05, 0) is 13.3 Å². The van der Waals surface area contributed by atoms with E-state index < -0.39 is 0 Å². The number of aryl methyl sites for hydroxylation is 2. The van der Waals surface area contributed by atoms with E-state index in [1.54, 1.807) is 18.4 Å². The van der Waals surface area contributed by atoms with E-state index in [-0.39, 0.29) is 0 Å². The maximum Gasteiger partial charge on any atom is 0.212 e. The molecule has 0 saturated heterocycles. The molecule has 0 aliphatic heterocycles. The number of hydrogen-bond donors (Lipinski definition) is 0. The molecule has 0 fully saturated rings. The van der Waals surface area contributed by atoms with Gasteiger partial charge in [0.2, 0.25) is 4.96 Å². The summed E-state index contributed by atoms with van der Waals surface area (Å²) >= 11 is 1.59. The standard InChI is InChI=1S/C9H13N3OS/c1-4-7-6(2)10-9-12(7)11-8(14-9)5-13-3/h4-5H2,1-3H3. The Balaban J connectivity index is 2.51. The summed E-state index contributed by atoms with van der Waals surface area (Å²) in [7, 11) is 1.68. The molecule has 0 amide bonds. The van der Waals surface area contributed by atoms with E-state index >= 15 is 0 Å². The van der Waals surface area contributed by atoms with Gasteiger partial charge in [0.25, 0.3) is 0 Å². The average molecular weight is 211 g/mol. The second kappa shape index (κ2) is 3.67. The third-order valence-electron chi connectivity index (χ3n) is 2.14. The fourth-order valence-corrected chi connectivity index (χ4v) is 2.45. The van der Waals surface area contributed by atoms with Crippen molar-refractivity contribution in [3.8, 4) is 0 Å². The molecule has 4 nitrogen and oxygen atoms in total. The molecule has 0 unspecified atom stereocenters. The Bertz CT molecular complexity index is 446. The number of imidazole rings is 1. The average Bonchev–Trinajstić information content (AvgIpc) is 2.61. The van der Waals surface area contributed by atoms with E-state index in [1.165, 1.54) is 5.69 Å². The topological polar surface area (TPSA) is 39.4 Å². The van der Waals surface area contributed by atoms with E-state index in [4.69, 9.17) is 4.74 Å². The van der Waals surface area contributed by atoms with Crippen molar-refractivity contribution in [3.05, 3.63) is 16.4 Å². The van der Waals surface area contributed by atoms with Gasteiger partial charge in [0, 0.05) is 7.11 Å². The van der Waals surface area contributed by atoms with Crippen molar-refractivity contribution in [3.63, 3.8) is 0 Å². The normalized spacial score (nSPS) is 11.4. The van der Waals surface area contributed by atoms with E-state index in [1.807, 2.05) is 11.4 Å². The van der Waals surface area contributed by atoms with Crippen molar-refractivity contribution in [2.75, 3.05) is 7.11 Å². The van der Waals surface area contributed by atoms with Gasteiger partial charge >= 0.3 is 0 Å². The molecule has 0 N–H and O–H groups in total. The molecule has 0 aliphatic carbocycles. The van der Waals surface area contributed by atoms with Crippen LogP contribution in [0.25, 0.3) is 4.96 Å². The lowest BCUT2D eigenvalue weighted by Gasteiger charge is -1.93. The fraction of sp³-hybridized carbons (Fsp3) is 0.556. The predicted molar refractivity (Wildman–Crippen MR) is 55.7 cm³/mol. The zero-order valence-corrected chi connectivity index (χ0v) is 9.39. The minimum atomic E-state index is 0.566. The van der Waals surface area contributed by atoms with Crippen LogP contribution in [0.2, 0.25) is 0 Å². The number of nitrogens with zero attached hydrogens (tertiary/aromatic N) is 3. The van der Waals surface area contributed by atoms with Gasteiger partial charge in [-0.1, -0.05) is 18.3 Å². The third-order valence-corrected chi connectivity index (χ3v) is 3.02. The van der Waals surface area contributed by atoms with Crippen molar-refractivity contribution >= 4 is 16.3 Å². The second-order valence-electron chi connectivity index (χ2n) is 3.12. The first kappa shape index (κ1) is 9.61. The molecule has 2 aromatic rings. The minimum Gasteiger partial charge on any atom is -0.377 e. The van der Waals surface area contributed by atoms with Crippen LogP contribution in [0.15, 0.2) is 0 Å². The zero-order valence-electron chi connectivity index (χ0n) is 8.57. The van der Waals surface area contributed by atoms with Gasteiger partial charge in [0.05, 0.1) is 18.0 Å². The van der Waals surface area contributed by atoms with Gasteiger partial charge in [-0.15, -0.1) is 0 Å². The van der Waals surface area contributed by atoms with Crippen LogP contribution in [-0.2, 0) is 17.8 Å². The molecule has 2 rings (SSSR count). The highest BCUT2D eigenvalue weighted by molar-refractivity contribution is 7.16. The second-order valence-corrected chi connectivity index (χ2v) is 4.16. The molecule has 0 aliphatic rings. The van der Waals surface area contributed by atoms with Crippen LogP contribution in [0, 0.1) is 6.92 Å². The quantitative estimate of drug-likeness (QED) is 0.777. The van der Waals surface area contributed by atoms with Gasteiger partial charge in [0.1, 0.15) is 5.01 Å². The Morgan fingerprint density at radius 3 is 2.93 bits per heavy atom. The number of ether oxygens (including phenoxy) is 1. The van der Waals surface area contributed by atoms with Crippen LogP contribution in [0.1, 0.15) is 23.3 Å². The molecule has 2 aromatic heterocycles. The highest BCUT2D eigenvalue weighted by atomic mass is 32.1. The number of methoxy groups -OCH3 is 1. The summed E-state index contributed by atoms with van der Waals surface area (Å²) in [6.07, 6.45) is 0.961. The third kappa shape index (κ3) is 1.42. The molecule has 14 heavy (non-hydrogen) atoms. The Morgan fingerprint density at radius 1 is 1.50 bits per heavy atom. The van der Waals surface area contributed by atoms with Gasteiger partial charge in [-0.25, -0.2) is 9.50 Å². The fourth-order valence-electron chi connectivity index (χ4n) is 1.52. The van der Waals surface area contributed by atoms with E-state index in [9.17, 15) is 0 Å². The monoisotopic (exact) mass is 211 g/mol. The lowest BCUT2D eigenvalue weighted by atomic mass is 10.3. The Labute approximate surface area is 86.5 Å². The molecule has 76 valence electrons. The van der Waals surface area contributed by atoms with Crippen LogP contribution in [0.3, 0.4) is 0 Å². The van der Waals surface area contributed by atoms with Crippen LogP contribution in [0.5, 0.6) is 0 Å². The number of hydrogen-bond acceptors (Lipinski definition) is 4. The Kier molecular flexibility index (Phi) is 2.52. The van der Waals surface area contributed by atoms with Gasteiger partial charge < -0.3 is 4.74 Å². The largest absolute Gasteiger partial charge is 0.377 e. The van der Waals surface area contributed by atoms with Crippen LogP contribution < -0.4 is 0 Å². The van der Waals surface area contributed by atoms with Crippen LogP contribution in [-0.4, -0.2) is 21.7 Å². The summed E-state index contributed by atoms with van der Waals surface area (Å²) in [6, 6.07) is 0. The number of aromatic nitrogens is 3. The summed E-state index contributed by atoms with van der Waals surface area (Å²) in [5.74, 6) is 0. The molecule has 5 heteroatoms. The first-order chi connectivity index (χ1) is 6.76. The van der Waals surface area contributed by atoms with Gasteiger partial charge in [-0.3, -0.25) is 0 Å². The Hall–Kier alpha value is -0.940. The summed E-state index contributed by atoms with van der Waals surface area (Å²) in [5.41, 5.74) is 2.27. The molecule has 0 radical (unpaired) electrons. The zero-order chi connectivity index (χ0) is 10.1. The first-order valence-corrected chi connectivity index (χ1v) is 5.40. The summed E-state index contributed by atoms with van der Waals surface area (Å²) in [5, 5.41) is 5.42. The minimum absolute atomic E-state index is 0.566. The predicted octanol–water partition coefficient (Wildman–Crippen LogP) is 1.81. The molecule has 0 atom stereocenters. The van der Waals surface area contributed by atoms with Gasteiger partial charge in [-0.2, -0.15) is 5.10 Å². The molecule has 0 spiro atoms. The molecule has 0 saturated carbocycles.